The Morgan fingerprint density at radius 1 is 0.949 bits per heavy atom. The predicted molar refractivity (Wildman–Crippen MR) is 160 cm³/mol. The Kier molecular flexibility index (Phi) is 11.8. The molecule has 0 aliphatic carbocycles. The summed E-state index contributed by atoms with van der Waals surface area (Å²) in [5.41, 5.74) is 1.33. The molecule has 3 aliphatic rings. The van der Waals surface area contributed by atoms with E-state index in [0.717, 1.165) is 32.0 Å². The molecule has 2 atom stereocenters. The molecule has 2 unspecified atom stereocenters. The van der Waals surface area contributed by atoms with Crippen LogP contribution in [0.2, 0.25) is 0 Å². The van der Waals surface area contributed by atoms with Gasteiger partial charge >= 0.3 is 0 Å². The minimum atomic E-state index is -0.000468. The van der Waals surface area contributed by atoms with E-state index in [1.807, 2.05) is 13.8 Å². The maximum absolute atomic E-state index is 11.6. The van der Waals surface area contributed by atoms with Crippen LogP contribution in [0.15, 0.2) is 12.4 Å². The van der Waals surface area contributed by atoms with Crippen LogP contribution >= 0.6 is 0 Å². The summed E-state index contributed by atoms with van der Waals surface area (Å²) in [7, 11) is 0. The van der Waals surface area contributed by atoms with Crippen molar-refractivity contribution in [2.45, 2.75) is 122 Å². The highest BCUT2D eigenvalue weighted by atomic mass is 16.5. The van der Waals surface area contributed by atoms with Crippen molar-refractivity contribution < 1.29 is 11.0 Å². The smallest absolute Gasteiger partial charge is 0.246 e. The van der Waals surface area contributed by atoms with Gasteiger partial charge in [-0.05, 0) is 97.3 Å². The number of carbonyl (C=O) groups is 1. The van der Waals surface area contributed by atoms with E-state index < -0.39 is 0 Å². The third kappa shape index (κ3) is 9.12. The molecule has 8 heteroatoms. The maximum atomic E-state index is 11.6. The fourth-order valence-electron chi connectivity index (χ4n) is 6.54. The van der Waals surface area contributed by atoms with Gasteiger partial charge < -0.3 is 19.9 Å². The van der Waals surface area contributed by atoms with Crippen LogP contribution in [0.5, 0.6) is 0 Å². The summed E-state index contributed by atoms with van der Waals surface area (Å²) in [5, 5.41) is 2.94. The SMILES string of the molecule is CC(C)OCC(=O)NCCCCCCCCN1CCC(c2cnc(N3C4CCC3CN(C(C)C)C4)nc2)CC1.[HH]. The van der Waals surface area contributed by atoms with Gasteiger partial charge in [-0.1, -0.05) is 25.7 Å². The van der Waals surface area contributed by atoms with E-state index in [4.69, 9.17) is 14.7 Å². The molecular formula is C31H56N6O2. The van der Waals surface area contributed by atoms with Gasteiger partial charge in [0.05, 0.1) is 6.10 Å². The Labute approximate surface area is 238 Å². The first kappa shape index (κ1) is 30.2. The first-order chi connectivity index (χ1) is 18.9. The Bertz CT molecular complexity index is 848. The highest BCUT2D eigenvalue weighted by Gasteiger charge is 2.41. The standard InChI is InChI=1S/C31H54N6O2.H2/c1-24(2)36-21-28-11-12-29(22-36)37(28)31-33-19-27(20-34-31)26-13-17-35(18-14-26)16-10-8-6-5-7-9-15-32-30(38)23-39-25(3)4;/h19-20,24-26,28-29H,5-18,21-23H2,1-4H3,(H,32,38);1H. The monoisotopic (exact) mass is 544 g/mol. The van der Waals surface area contributed by atoms with Crippen molar-refractivity contribution in [2.24, 2.45) is 0 Å². The molecule has 0 radical (unpaired) electrons. The lowest BCUT2D eigenvalue weighted by Crippen LogP contribution is -2.56. The van der Waals surface area contributed by atoms with E-state index in [1.165, 1.54) is 83.0 Å². The number of piperazine rings is 1. The van der Waals surface area contributed by atoms with E-state index in [2.05, 4.69) is 46.3 Å². The highest BCUT2D eigenvalue weighted by molar-refractivity contribution is 5.77. The lowest BCUT2D eigenvalue weighted by atomic mass is 9.91. The van der Waals surface area contributed by atoms with E-state index in [1.54, 1.807) is 0 Å². The molecule has 0 aromatic carbocycles. The third-order valence-corrected chi connectivity index (χ3v) is 8.96. The first-order valence-corrected chi connectivity index (χ1v) is 15.9. The number of nitrogens with one attached hydrogen (secondary N) is 1. The zero-order valence-electron chi connectivity index (χ0n) is 25.1. The largest absolute Gasteiger partial charge is 0.369 e. The minimum absolute atomic E-state index is 0. The summed E-state index contributed by atoms with van der Waals surface area (Å²) in [6, 6.07) is 1.77. The second kappa shape index (κ2) is 15.3. The molecule has 3 fully saturated rings. The van der Waals surface area contributed by atoms with Crippen LogP contribution in [0.4, 0.5) is 5.95 Å². The Balaban J connectivity index is 0.00000441. The van der Waals surface area contributed by atoms with E-state index in [-0.39, 0.29) is 20.0 Å². The Morgan fingerprint density at radius 3 is 2.18 bits per heavy atom. The average Bonchev–Trinajstić information content (AvgIpc) is 3.19. The lowest BCUT2D eigenvalue weighted by molar-refractivity contribution is -0.127. The van der Waals surface area contributed by atoms with Gasteiger partial charge in [0.1, 0.15) is 6.61 Å². The summed E-state index contributed by atoms with van der Waals surface area (Å²) < 4.78 is 5.32. The lowest BCUT2D eigenvalue weighted by Gasteiger charge is -2.42. The summed E-state index contributed by atoms with van der Waals surface area (Å²) >= 11 is 0. The van der Waals surface area contributed by atoms with Gasteiger partial charge in [0.25, 0.3) is 0 Å². The van der Waals surface area contributed by atoms with E-state index in [0.29, 0.717) is 24.0 Å². The minimum Gasteiger partial charge on any atom is -0.369 e. The van der Waals surface area contributed by atoms with Gasteiger partial charge in [0, 0.05) is 51.6 Å². The number of aromatic nitrogens is 2. The number of hydrogen-bond donors (Lipinski definition) is 1. The predicted octanol–water partition coefficient (Wildman–Crippen LogP) is 4.85. The van der Waals surface area contributed by atoms with Gasteiger partial charge in [-0.2, -0.15) is 0 Å². The zero-order valence-corrected chi connectivity index (χ0v) is 25.1. The first-order valence-electron chi connectivity index (χ1n) is 15.9. The molecule has 1 N–H and O–H groups in total. The molecule has 4 heterocycles. The number of likely N-dealkylation sites (tertiary alicyclic amines) is 2. The number of fused-ring (bicyclic) bond motifs is 2. The number of hydrogen-bond acceptors (Lipinski definition) is 7. The third-order valence-electron chi connectivity index (χ3n) is 8.96. The second-order valence-corrected chi connectivity index (χ2v) is 12.6. The van der Waals surface area contributed by atoms with Crippen LogP contribution in [-0.4, -0.2) is 95.8 Å². The molecule has 0 spiro atoms. The molecule has 1 aromatic heterocycles. The normalized spacial score (nSPS) is 22.8. The van der Waals surface area contributed by atoms with Crippen molar-refractivity contribution in [2.75, 3.05) is 50.8 Å². The summed E-state index contributed by atoms with van der Waals surface area (Å²) in [6.45, 7) is 15.3. The quantitative estimate of drug-likeness (QED) is 0.317. The maximum Gasteiger partial charge on any atom is 0.246 e. The number of carbonyl (C=O) groups excluding carboxylic acids is 1. The van der Waals surface area contributed by atoms with Gasteiger partial charge in [0.15, 0.2) is 0 Å². The molecule has 0 saturated carbocycles. The van der Waals surface area contributed by atoms with Gasteiger partial charge in [-0.25, -0.2) is 9.97 Å². The summed E-state index contributed by atoms with van der Waals surface area (Å²) in [4.78, 5) is 29.2. The Hall–Kier alpha value is -1.77. The van der Waals surface area contributed by atoms with Crippen molar-refractivity contribution in [1.29, 1.82) is 0 Å². The molecule has 3 saturated heterocycles. The molecule has 39 heavy (non-hydrogen) atoms. The molecule has 4 rings (SSSR count). The van der Waals surface area contributed by atoms with Crippen LogP contribution in [0, 0.1) is 0 Å². The number of ether oxygens (including phenoxy) is 1. The van der Waals surface area contributed by atoms with Crippen molar-refractivity contribution in [3.8, 4) is 0 Å². The molecule has 8 nitrogen and oxygen atoms in total. The van der Waals surface area contributed by atoms with Crippen molar-refractivity contribution >= 4 is 11.9 Å². The highest BCUT2D eigenvalue weighted by Crippen LogP contribution is 2.34. The second-order valence-electron chi connectivity index (χ2n) is 12.6. The van der Waals surface area contributed by atoms with Crippen molar-refractivity contribution in [1.82, 2.24) is 25.1 Å². The van der Waals surface area contributed by atoms with Crippen LogP contribution in [0.3, 0.4) is 0 Å². The number of piperidine rings is 1. The Morgan fingerprint density at radius 2 is 1.56 bits per heavy atom. The van der Waals surface area contributed by atoms with E-state index in [9.17, 15) is 4.79 Å². The average molecular weight is 545 g/mol. The zero-order chi connectivity index (χ0) is 27.6. The van der Waals surface area contributed by atoms with Gasteiger partial charge in [0.2, 0.25) is 11.9 Å². The number of amides is 1. The van der Waals surface area contributed by atoms with Crippen LogP contribution < -0.4 is 10.2 Å². The van der Waals surface area contributed by atoms with Crippen molar-refractivity contribution in [3.05, 3.63) is 18.0 Å². The molecule has 2 bridgehead atoms. The fourth-order valence-corrected chi connectivity index (χ4v) is 6.54. The van der Waals surface area contributed by atoms with Crippen LogP contribution in [0.25, 0.3) is 0 Å². The summed E-state index contributed by atoms with van der Waals surface area (Å²) in [5.74, 6) is 1.55. The van der Waals surface area contributed by atoms with E-state index >= 15 is 0 Å². The molecule has 1 amide bonds. The van der Waals surface area contributed by atoms with Gasteiger partial charge in [-0.15, -0.1) is 0 Å². The topological polar surface area (TPSA) is 73.8 Å². The molecule has 222 valence electrons. The number of anilines is 1. The van der Waals surface area contributed by atoms with Crippen LogP contribution in [0.1, 0.15) is 105 Å². The molecule has 1 aromatic rings. The molecular weight excluding hydrogens is 488 g/mol. The number of rotatable bonds is 15. The van der Waals surface area contributed by atoms with Crippen LogP contribution in [-0.2, 0) is 9.53 Å². The number of unbranched alkanes of at least 4 members (excludes halogenated alkanes) is 5. The van der Waals surface area contributed by atoms with Crippen molar-refractivity contribution in [3.63, 3.8) is 0 Å². The van der Waals surface area contributed by atoms with Gasteiger partial charge in [-0.3, -0.25) is 9.69 Å². The summed E-state index contributed by atoms with van der Waals surface area (Å²) in [6.07, 6.45) is 16.7. The fraction of sp³-hybridized carbons (Fsp3) is 0.839. The molecule has 3 aliphatic heterocycles. The number of nitrogens with zero attached hydrogens (tertiary/aromatic N) is 5.